The van der Waals surface area contributed by atoms with E-state index in [9.17, 15) is 0 Å². The summed E-state index contributed by atoms with van der Waals surface area (Å²) in [6.45, 7) is 0. The van der Waals surface area contributed by atoms with Gasteiger partial charge in [-0.1, -0.05) is 182 Å². The Morgan fingerprint density at radius 1 is 0.436 bits per heavy atom. The first-order chi connectivity index (χ1) is 25.8. The van der Waals surface area contributed by atoms with Crippen molar-refractivity contribution in [1.82, 2.24) is 0 Å². The topological polar surface area (TPSA) is 0 Å². The Hall–Kier alpha value is -1.39. The van der Waals surface area contributed by atoms with Gasteiger partial charge in [0.1, 0.15) is 0 Å². The quantitative estimate of drug-likeness (QED) is 0.0478. The first-order valence-corrected chi connectivity index (χ1v) is 24.1. The van der Waals surface area contributed by atoms with Crippen molar-refractivity contribution in [2.45, 2.75) is 0 Å². The molecule has 55 heavy (non-hydrogen) atoms. The molecule has 0 nitrogen and oxygen atoms in total. The minimum absolute atomic E-state index is 0. The van der Waals surface area contributed by atoms with Crippen LogP contribution in [0.25, 0.3) is 0 Å². The molecule has 0 aliphatic heterocycles. The Kier molecular flexibility index (Phi) is 26.9. The molecule has 9 heteroatoms. The normalized spacial score (nSPS) is 11.3. The Morgan fingerprint density at radius 3 is 1.11 bits per heavy atom. The third-order valence-electron chi connectivity index (χ3n) is 8.21. The molecule has 0 N–H and O–H groups in total. The van der Waals surface area contributed by atoms with Gasteiger partial charge in [-0.3, -0.25) is 0 Å². The van der Waals surface area contributed by atoms with E-state index in [4.69, 9.17) is 23.2 Å². The van der Waals surface area contributed by atoms with Crippen LogP contribution in [0.4, 0.5) is 0 Å². The molecule has 0 radical (unpaired) electrons. The second-order valence-electron chi connectivity index (χ2n) is 11.6. The molecular weight excluding hydrogens is 985 g/mol. The van der Waals surface area contributed by atoms with E-state index in [1.54, 1.807) is 10.6 Å². The van der Waals surface area contributed by atoms with Crippen molar-refractivity contribution >= 4 is 92.7 Å². The SMILES string of the molecule is ClCCl.[Cl-].[H-].[Mo+2].[Pd+2].c1cc[cH-]c1.c1ccc([P-]CCP(c2ccccc2)c2ccccc2P(CCP(c2ccccc2)c2ccccc2)c2ccccc2)cc1. The van der Waals surface area contributed by atoms with Crippen LogP contribution in [-0.4, -0.2) is 30.0 Å². The molecule has 0 saturated carbocycles. The Morgan fingerprint density at radius 2 is 0.745 bits per heavy atom. The molecule has 0 aliphatic carbocycles. The zero-order valence-corrected chi connectivity index (χ0v) is 39.7. The number of hydrogen-bond acceptors (Lipinski definition) is 0. The summed E-state index contributed by atoms with van der Waals surface area (Å²) in [5.74, 6) is 0. The Labute approximate surface area is 380 Å². The van der Waals surface area contributed by atoms with E-state index in [0.29, 0.717) is 0 Å². The van der Waals surface area contributed by atoms with Crippen LogP contribution in [-0.2, 0) is 41.5 Å². The third-order valence-corrected chi connectivity index (χ3v) is 17.8. The van der Waals surface area contributed by atoms with Crippen LogP contribution in [0.3, 0.4) is 0 Å². The maximum Gasteiger partial charge on any atom is 2.00 e. The minimum Gasteiger partial charge on any atom is -1.00 e. The zero-order chi connectivity index (χ0) is 36.1. The van der Waals surface area contributed by atoms with Crippen molar-refractivity contribution in [2.75, 3.05) is 30.0 Å². The fraction of sp³-hybridized carbons (Fsp3) is 0.109. The standard InChI is InChI=1S/C40H37P4.C5H5.CH2Cl2.ClH.Mo.Pd.H/c1-6-18-34(19-7-1)41-30-31-43(37-24-12-4-13-25-37)39-28-16-17-29-40(39)44(38-26-14-5-15-27-38)33-32-42(35-20-8-2-9-21-35)36-22-10-3-11-23-36;1-2-4-5-3-1;2-1-3;;;;/h1-29H,30-33H2;1-5H;1H2;1H;;;/q2*-1;;;2*+2;-1/p-1. The number of benzene rings is 6. The van der Waals surface area contributed by atoms with Gasteiger partial charge < -0.3 is 22.4 Å². The van der Waals surface area contributed by atoms with Crippen molar-refractivity contribution in [3.63, 3.8) is 0 Å². The van der Waals surface area contributed by atoms with Gasteiger partial charge in [0, 0.05) is 0 Å². The average molecular weight is 1030 g/mol. The molecule has 0 heterocycles. The fourth-order valence-corrected chi connectivity index (χ4v) is 15.8. The summed E-state index contributed by atoms with van der Waals surface area (Å²) >= 11 is 9.53. The molecule has 2 atom stereocenters. The van der Waals surface area contributed by atoms with Crippen LogP contribution < -0.4 is 49.5 Å². The molecule has 2 unspecified atom stereocenters. The molecule has 0 amide bonds. The van der Waals surface area contributed by atoms with E-state index >= 15 is 0 Å². The predicted octanol–water partition coefficient (Wildman–Crippen LogP) is 7.90. The summed E-state index contributed by atoms with van der Waals surface area (Å²) in [5, 5.41) is 10.6. The van der Waals surface area contributed by atoms with Gasteiger partial charge in [0.2, 0.25) is 0 Å². The van der Waals surface area contributed by atoms with Gasteiger partial charge in [-0.2, -0.15) is 24.4 Å². The summed E-state index contributed by atoms with van der Waals surface area (Å²) in [7, 11) is -0.0629. The van der Waals surface area contributed by atoms with E-state index < -0.39 is 23.8 Å². The fourth-order valence-electron chi connectivity index (χ4n) is 5.87. The maximum absolute atomic E-state index is 4.76. The summed E-state index contributed by atoms with van der Waals surface area (Å²) in [4.78, 5) is 0. The number of rotatable bonds is 13. The van der Waals surface area contributed by atoms with Crippen molar-refractivity contribution in [2.24, 2.45) is 0 Å². The Balaban J connectivity index is 0.00000118. The van der Waals surface area contributed by atoms with Crippen LogP contribution in [0.1, 0.15) is 1.43 Å². The molecule has 286 valence electrons. The largest absolute Gasteiger partial charge is 2.00 e. The van der Waals surface area contributed by atoms with Crippen molar-refractivity contribution in [3.05, 3.63) is 206 Å². The molecule has 0 bridgehead atoms. The summed E-state index contributed by atoms with van der Waals surface area (Å²) in [6.07, 6.45) is 4.70. The zero-order valence-electron chi connectivity index (χ0n) is 31.3. The first-order valence-electron chi connectivity index (χ1n) is 17.4. The van der Waals surface area contributed by atoms with Crippen molar-refractivity contribution in [3.8, 4) is 0 Å². The molecule has 0 fully saturated rings. The Bertz CT molecular complexity index is 1880. The van der Waals surface area contributed by atoms with Crippen LogP contribution in [0.15, 0.2) is 206 Å². The molecule has 0 saturated heterocycles. The molecule has 0 aliphatic rings. The monoisotopic (exact) mass is 1030 g/mol. The van der Waals surface area contributed by atoms with Gasteiger partial charge >= 0.3 is 41.5 Å². The number of hydrogen-bond donors (Lipinski definition) is 0. The van der Waals surface area contributed by atoms with E-state index in [2.05, 4.69) is 176 Å². The van der Waals surface area contributed by atoms with Crippen molar-refractivity contribution < 1.29 is 55.3 Å². The van der Waals surface area contributed by atoms with Crippen LogP contribution in [0, 0.1) is 0 Å². The van der Waals surface area contributed by atoms with Gasteiger partial charge in [0.25, 0.3) is 0 Å². The number of halogens is 3. The summed E-state index contributed by atoms with van der Waals surface area (Å²) in [5.41, 5.74) is 0. The van der Waals surface area contributed by atoms with E-state index in [-0.39, 0.29) is 60.7 Å². The van der Waals surface area contributed by atoms with Crippen molar-refractivity contribution in [1.29, 1.82) is 0 Å². The smallest absolute Gasteiger partial charge is 1.00 e. The summed E-state index contributed by atoms with van der Waals surface area (Å²) in [6, 6.07) is 75.4. The molecule has 7 aromatic rings. The predicted molar refractivity (Wildman–Crippen MR) is 243 cm³/mol. The first kappa shape index (κ1) is 49.8. The minimum atomic E-state index is -0.536. The van der Waals surface area contributed by atoms with E-state index in [1.807, 2.05) is 30.3 Å². The van der Waals surface area contributed by atoms with Gasteiger partial charge in [-0.05, 0) is 67.9 Å². The van der Waals surface area contributed by atoms with E-state index in [0.717, 1.165) is 6.16 Å². The molecular formula is C46H45Cl3MoP4Pd. The summed E-state index contributed by atoms with van der Waals surface area (Å²) < 4.78 is 0. The van der Waals surface area contributed by atoms with Gasteiger partial charge in [0.05, 0.1) is 5.34 Å². The molecule has 7 rings (SSSR count). The molecule has 0 spiro atoms. The van der Waals surface area contributed by atoms with Gasteiger partial charge in [0.15, 0.2) is 0 Å². The second kappa shape index (κ2) is 29.8. The van der Waals surface area contributed by atoms with Gasteiger partial charge in [-0.25, -0.2) is 17.4 Å². The number of alkyl halides is 2. The third kappa shape index (κ3) is 16.8. The van der Waals surface area contributed by atoms with Gasteiger partial charge in [-0.15, -0.1) is 23.2 Å². The molecule has 0 aromatic heterocycles. The van der Waals surface area contributed by atoms with E-state index in [1.165, 1.54) is 53.6 Å². The second-order valence-corrected chi connectivity index (χ2v) is 20.6. The molecule has 7 aromatic carbocycles. The van der Waals surface area contributed by atoms with Crippen LogP contribution >= 0.6 is 55.5 Å². The van der Waals surface area contributed by atoms with Crippen LogP contribution in [0.2, 0.25) is 0 Å². The maximum atomic E-state index is 4.76. The average Bonchev–Trinajstić information content (AvgIpc) is 3.82. The van der Waals surface area contributed by atoms with Crippen LogP contribution in [0.5, 0.6) is 0 Å².